The lowest BCUT2D eigenvalue weighted by atomic mass is 9.83. The standard InChI is InChI=1S/C17H31N3/c1-5-6-15-7-9-16(10-8-15)18-12-11-17-13(2)19-20(4)14(17)3/h15-16,18H,5-12H2,1-4H3. The molecule has 3 heteroatoms. The van der Waals surface area contributed by atoms with Crippen molar-refractivity contribution in [2.24, 2.45) is 13.0 Å². The molecule has 1 aliphatic rings. The lowest BCUT2D eigenvalue weighted by Crippen LogP contribution is -2.34. The Kier molecular flexibility index (Phi) is 5.64. The van der Waals surface area contributed by atoms with Crippen LogP contribution < -0.4 is 5.32 Å². The van der Waals surface area contributed by atoms with E-state index in [0.717, 1.165) is 24.9 Å². The highest BCUT2D eigenvalue weighted by molar-refractivity contribution is 5.24. The van der Waals surface area contributed by atoms with Crippen molar-refractivity contribution in [2.45, 2.75) is 71.8 Å². The smallest absolute Gasteiger partial charge is 0.0628 e. The summed E-state index contributed by atoms with van der Waals surface area (Å²) >= 11 is 0. The third-order valence-corrected chi connectivity index (χ3v) is 5.01. The first-order chi connectivity index (χ1) is 9.61. The lowest BCUT2D eigenvalue weighted by molar-refractivity contribution is 0.279. The molecular formula is C17H31N3. The Balaban J connectivity index is 1.72. The number of aryl methyl sites for hydroxylation is 2. The molecule has 0 radical (unpaired) electrons. The molecule has 0 aromatic carbocycles. The van der Waals surface area contributed by atoms with Crippen molar-refractivity contribution in [3.63, 3.8) is 0 Å². The van der Waals surface area contributed by atoms with Gasteiger partial charge in [0.25, 0.3) is 0 Å². The summed E-state index contributed by atoms with van der Waals surface area (Å²) in [6.45, 7) is 7.70. The molecule has 1 N–H and O–H groups in total. The van der Waals surface area contributed by atoms with E-state index in [1.165, 1.54) is 55.5 Å². The zero-order valence-electron chi connectivity index (χ0n) is 13.7. The number of hydrogen-bond acceptors (Lipinski definition) is 2. The van der Waals surface area contributed by atoms with E-state index in [0.29, 0.717) is 0 Å². The van der Waals surface area contributed by atoms with Crippen LogP contribution >= 0.6 is 0 Å². The first-order valence-corrected chi connectivity index (χ1v) is 8.34. The van der Waals surface area contributed by atoms with Crippen LogP contribution in [-0.4, -0.2) is 22.4 Å². The average molecular weight is 277 g/mol. The second kappa shape index (κ2) is 7.26. The maximum atomic E-state index is 4.50. The highest BCUT2D eigenvalue weighted by atomic mass is 15.3. The van der Waals surface area contributed by atoms with Crippen LogP contribution in [0.4, 0.5) is 0 Å². The Morgan fingerprint density at radius 2 is 1.90 bits per heavy atom. The summed E-state index contributed by atoms with van der Waals surface area (Å²) in [4.78, 5) is 0. The summed E-state index contributed by atoms with van der Waals surface area (Å²) in [7, 11) is 2.04. The zero-order chi connectivity index (χ0) is 14.5. The number of rotatable bonds is 6. The molecule has 0 aliphatic heterocycles. The van der Waals surface area contributed by atoms with Gasteiger partial charge in [-0.15, -0.1) is 0 Å². The normalized spacial score (nSPS) is 23.2. The minimum atomic E-state index is 0.750. The molecule has 1 saturated carbocycles. The molecule has 114 valence electrons. The minimum Gasteiger partial charge on any atom is -0.314 e. The summed E-state index contributed by atoms with van der Waals surface area (Å²) in [5, 5.41) is 8.25. The predicted octanol–water partition coefficient (Wildman–Crippen LogP) is 3.53. The van der Waals surface area contributed by atoms with E-state index in [1.807, 2.05) is 11.7 Å². The highest BCUT2D eigenvalue weighted by Gasteiger charge is 2.20. The summed E-state index contributed by atoms with van der Waals surface area (Å²) in [5.41, 5.74) is 3.94. The molecule has 0 saturated heterocycles. The fourth-order valence-electron chi connectivity index (χ4n) is 3.64. The number of nitrogens with one attached hydrogen (secondary N) is 1. The van der Waals surface area contributed by atoms with Crippen molar-refractivity contribution >= 4 is 0 Å². The summed E-state index contributed by atoms with van der Waals surface area (Å²) in [6, 6.07) is 0.750. The molecule has 1 aromatic rings. The highest BCUT2D eigenvalue weighted by Crippen LogP contribution is 2.27. The van der Waals surface area contributed by atoms with Crippen molar-refractivity contribution in [2.75, 3.05) is 6.54 Å². The fourth-order valence-corrected chi connectivity index (χ4v) is 3.64. The monoisotopic (exact) mass is 277 g/mol. The largest absolute Gasteiger partial charge is 0.314 e. The van der Waals surface area contributed by atoms with E-state index in [4.69, 9.17) is 0 Å². The van der Waals surface area contributed by atoms with Gasteiger partial charge in [-0.3, -0.25) is 4.68 Å². The van der Waals surface area contributed by atoms with Crippen LogP contribution in [0.5, 0.6) is 0 Å². The molecule has 0 spiro atoms. The van der Waals surface area contributed by atoms with Gasteiger partial charge in [0.1, 0.15) is 0 Å². The van der Waals surface area contributed by atoms with Gasteiger partial charge in [-0.25, -0.2) is 0 Å². The molecule has 20 heavy (non-hydrogen) atoms. The summed E-state index contributed by atoms with van der Waals surface area (Å²) in [5.74, 6) is 1.00. The van der Waals surface area contributed by atoms with Crippen LogP contribution in [0.15, 0.2) is 0 Å². The second-order valence-electron chi connectivity index (χ2n) is 6.48. The van der Waals surface area contributed by atoms with E-state index < -0.39 is 0 Å². The lowest BCUT2D eigenvalue weighted by Gasteiger charge is -2.29. The SMILES string of the molecule is CCCC1CCC(NCCc2c(C)nn(C)c2C)CC1. The zero-order valence-corrected chi connectivity index (χ0v) is 13.7. The van der Waals surface area contributed by atoms with E-state index in [-0.39, 0.29) is 0 Å². The van der Waals surface area contributed by atoms with E-state index in [2.05, 4.69) is 31.2 Å². The summed E-state index contributed by atoms with van der Waals surface area (Å²) < 4.78 is 2.00. The van der Waals surface area contributed by atoms with Crippen molar-refractivity contribution < 1.29 is 0 Å². The molecule has 1 aromatic heterocycles. The average Bonchev–Trinajstić information content (AvgIpc) is 2.67. The van der Waals surface area contributed by atoms with E-state index in [1.54, 1.807) is 0 Å². The predicted molar refractivity (Wildman–Crippen MR) is 85.0 cm³/mol. The molecule has 0 bridgehead atoms. The third kappa shape index (κ3) is 3.85. The van der Waals surface area contributed by atoms with Crippen LogP contribution in [-0.2, 0) is 13.5 Å². The van der Waals surface area contributed by atoms with Gasteiger partial charge in [-0.1, -0.05) is 19.8 Å². The van der Waals surface area contributed by atoms with Crippen LogP contribution in [0.2, 0.25) is 0 Å². The van der Waals surface area contributed by atoms with Crippen LogP contribution in [0.25, 0.3) is 0 Å². The minimum absolute atomic E-state index is 0.750. The first kappa shape index (κ1) is 15.6. The quantitative estimate of drug-likeness (QED) is 0.862. The van der Waals surface area contributed by atoms with Gasteiger partial charge in [0.05, 0.1) is 5.69 Å². The number of nitrogens with zero attached hydrogens (tertiary/aromatic N) is 2. The van der Waals surface area contributed by atoms with Crippen molar-refractivity contribution in [3.8, 4) is 0 Å². The molecule has 1 heterocycles. The Morgan fingerprint density at radius 1 is 1.20 bits per heavy atom. The van der Waals surface area contributed by atoms with Crippen molar-refractivity contribution in [1.29, 1.82) is 0 Å². The van der Waals surface area contributed by atoms with Gasteiger partial charge < -0.3 is 5.32 Å². The molecule has 0 amide bonds. The second-order valence-corrected chi connectivity index (χ2v) is 6.48. The molecule has 0 unspecified atom stereocenters. The molecule has 3 nitrogen and oxygen atoms in total. The van der Waals surface area contributed by atoms with Gasteiger partial charge >= 0.3 is 0 Å². The van der Waals surface area contributed by atoms with Crippen LogP contribution in [0, 0.1) is 19.8 Å². The Morgan fingerprint density at radius 3 is 2.45 bits per heavy atom. The number of aromatic nitrogens is 2. The van der Waals surface area contributed by atoms with Gasteiger partial charge in [0.2, 0.25) is 0 Å². The van der Waals surface area contributed by atoms with Crippen molar-refractivity contribution in [1.82, 2.24) is 15.1 Å². The van der Waals surface area contributed by atoms with Crippen molar-refractivity contribution in [3.05, 3.63) is 17.0 Å². The Hall–Kier alpha value is -0.830. The van der Waals surface area contributed by atoms with Crippen LogP contribution in [0.1, 0.15) is 62.4 Å². The molecule has 2 rings (SSSR count). The molecule has 1 aliphatic carbocycles. The van der Waals surface area contributed by atoms with Gasteiger partial charge in [-0.2, -0.15) is 5.10 Å². The van der Waals surface area contributed by atoms with E-state index in [9.17, 15) is 0 Å². The van der Waals surface area contributed by atoms with Crippen LogP contribution in [0.3, 0.4) is 0 Å². The van der Waals surface area contributed by atoms with Gasteiger partial charge in [-0.05, 0) is 64.0 Å². The molecular weight excluding hydrogens is 246 g/mol. The maximum Gasteiger partial charge on any atom is 0.0628 e. The molecule has 1 fully saturated rings. The number of hydrogen-bond donors (Lipinski definition) is 1. The topological polar surface area (TPSA) is 29.9 Å². The van der Waals surface area contributed by atoms with E-state index >= 15 is 0 Å². The maximum absolute atomic E-state index is 4.50. The fraction of sp³-hybridized carbons (Fsp3) is 0.824. The van der Waals surface area contributed by atoms with Gasteiger partial charge in [0, 0.05) is 18.8 Å². The summed E-state index contributed by atoms with van der Waals surface area (Å²) in [6.07, 6.45) is 9.49. The third-order valence-electron chi connectivity index (χ3n) is 5.01. The first-order valence-electron chi connectivity index (χ1n) is 8.34. The van der Waals surface area contributed by atoms with Gasteiger partial charge in [0.15, 0.2) is 0 Å². The Bertz CT molecular complexity index is 414. The Labute approximate surface area is 124 Å². The molecule has 0 atom stereocenters.